The Morgan fingerprint density at radius 3 is 2.71 bits per heavy atom. The van der Waals surface area contributed by atoms with Crippen LogP contribution in [0.25, 0.3) is 5.57 Å². The molecule has 1 fully saturated rings. The van der Waals surface area contributed by atoms with Crippen molar-refractivity contribution in [2.24, 2.45) is 0 Å². The van der Waals surface area contributed by atoms with E-state index in [2.05, 4.69) is 34.7 Å². The molecule has 5 rings (SSSR count). The minimum atomic E-state index is 0.104. The molecule has 178 valence electrons. The summed E-state index contributed by atoms with van der Waals surface area (Å²) < 4.78 is 7.85. The van der Waals surface area contributed by atoms with Crippen molar-refractivity contribution >= 4 is 23.0 Å². The number of carbonyl (C=O) groups excluding carboxylic acids is 1. The molecule has 1 aromatic carbocycles. The van der Waals surface area contributed by atoms with Crippen molar-refractivity contribution in [3.8, 4) is 6.07 Å². The van der Waals surface area contributed by atoms with E-state index in [0.29, 0.717) is 18.2 Å². The molecular formula is C27H33N5O2. The van der Waals surface area contributed by atoms with Crippen LogP contribution < -0.4 is 4.90 Å². The molecular weight excluding hydrogens is 426 g/mol. The normalized spacial score (nSPS) is 18.9. The molecule has 0 N–H and O–H groups in total. The average molecular weight is 460 g/mol. The smallest absolute Gasteiger partial charge is 0.219 e. The van der Waals surface area contributed by atoms with Gasteiger partial charge in [-0.2, -0.15) is 10.4 Å². The highest BCUT2D eigenvalue weighted by Gasteiger charge is 2.33. The zero-order valence-electron chi connectivity index (χ0n) is 20.4. The Morgan fingerprint density at radius 2 is 2.00 bits per heavy atom. The number of nitrogens with zero attached hydrogens (tertiary/aromatic N) is 5. The summed E-state index contributed by atoms with van der Waals surface area (Å²) in [5.41, 5.74) is 7.59. The molecule has 0 atom stereocenters. The van der Waals surface area contributed by atoms with Crippen molar-refractivity contribution in [3.05, 3.63) is 46.2 Å². The third kappa shape index (κ3) is 3.90. The monoisotopic (exact) mass is 459 g/mol. The molecule has 34 heavy (non-hydrogen) atoms. The predicted octanol–water partition coefficient (Wildman–Crippen LogP) is 4.52. The predicted molar refractivity (Wildman–Crippen MR) is 132 cm³/mol. The van der Waals surface area contributed by atoms with Gasteiger partial charge in [-0.05, 0) is 68.4 Å². The number of hydrogen-bond donors (Lipinski definition) is 0. The summed E-state index contributed by atoms with van der Waals surface area (Å²) in [7, 11) is 0. The summed E-state index contributed by atoms with van der Waals surface area (Å²) in [5, 5.41) is 15.1. The van der Waals surface area contributed by atoms with Crippen molar-refractivity contribution in [2.45, 2.75) is 65.5 Å². The number of fused-ring (bicyclic) bond motifs is 2. The fraction of sp³-hybridized carbons (Fsp3) is 0.519. The zero-order valence-corrected chi connectivity index (χ0v) is 20.4. The van der Waals surface area contributed by atoms with Crippen LogP contribution in [0.15, 0.2) is 18.2 Å². The van der Waals surface area contributed by atoms with Crippen LogP contribution in [-0.2, 0) is 28.9 Å². The zero-order chi connectivity index (χ0) is 23.8. The molecule has 0 saturated carbocycles. The third-order valence-corrected chi connectivity index (χ3v) is 7.62. The molecule has 0 unspecified atom stereocenters. The first kappa shape index (κ1) is 22.7. The molecule has 3 aliphatic heterocycles. The van der Waals surface area contributed by atoms with E-state index in [-0.39, 0.29) is 5.91 Å². The lowest BCUT2D eigenvalue weighted by Gasteiger charge is -2.33. The SMILES string of the molecule is C/C=C(\C)c1cc2c(cc1C#N)N(c1nn(C3CCOCC3)c3c1CN(C(C)=O)CC3)CCC2. The molecule has 0 aliphatic carbocycles. The minimum absolute atomic E-state index is 0.104. The molecule has 1 amide bonds. The molecule has 2 aromatic rings. The maximum absolute atomic E-state index is 12.2. The van der Waals surface area contributed by atoms with Crippen molar-refractivity contribution in [1.82, 2.24) is 14.7 Å². The molecule has 4 heterocycles. The second-order valence-corrected chi connectivity index (χ2v) is 9.59. The summed E-state index contributed by atoms with van der Waals surface area (Å²) in [6, 6.07) is 6.98. The second-order valence-electron chi connectivity index (χ2n) is 9.59. The van der Waals surface area contributed by atoms with Gasteiger partial charge >= 0.3 is 0 Å². The van der Waals surface area contributed by atoms with Gasteiger partial charge in [-0.3, -0.25) is 9.48 Å². The number of ether oxygens (including phenoxy) is 1. The first-order valence-corrected chi connectivity index (χ1v) is 12.4. The number of rotatable bonds is 3. The van der Waals surface area contributed by atoms with E-state index in [0.717, 1.165) is 86.6 Å². The molecule has 7 nitrogen and oxygen atoms in total. The van der Waals surface area contributed by atoms with Crippen LogP contribution in [0.5, 0.6) is 0 Å². The van der Waals surface area contributed by atoms with Gasteiger partial charge in [0.2, 0.25) is 5.91 Å². The Bertz CT molecular complexity index is 1180. The van der Waals surface area contributed by atoms with Gasteiger partial charge in [0.1, 0.15) is 0 Å². The summed E-state index contributed by atoms with van der Waals surface area (Å²) in [4.78, 5) is 16.5. The van der Waals surface area contributed by atoms with Crippen molar-refractivity contribution in [3.63, 3.8) is 0 Å². The van der Waals surface area contributed by atoms with Crippen LogP contribution in [0.3, 0.4) is 0 Å². The summed E-state index contributed by atoms with van der Waals surface area (Å²) in [6.45, 7) is 9.43. The standard InChI is InChI=1S/C27H33N5O2/c1-4-18(2)23-14-20-6-5-10-31(26(20)15-21(23)16-28)27-24-17-30(19(3)33)11-7-25(24)32(29-27)22-8-12-34-13-9-22/h4,14-15,22H,5-13,17H2,1-3H3/b18-4+. The summed E-state index contributed by atoms with van der Waals surface area (Å²) >= 11 is 0. The van der Waals surface area contributed by atoms with E-state index >= 15 is 0 Å². The van der Waals surface area contributed by atoms with Crippen molar-refractivity contribution in [2.75, 3.05) is 31.2 Å². The van der Waals surface area contributed by atoms with Gasteiger partial charge in [-0.1, -0.05) is 6.08 Å². The number of hydrogen-bond acceptors (Lipinski definition) is 5. The molecule has 1 saturated heterocycles. The van der Waals surface area contributed by atoms with Crippen LogP contribution >= 0.6 is 0 Å². The van der Waals surface area contributed by atoms with Gasteiger partial charge in [0.25, 0.3) is 0 Å². The highest BCUT2D eigenvalue weighted by molar-refractivity contribution is 5.78. The largest absolute Gasteiger partial charge is 0.381 e. The number of nitriles is 1. The van der Waals surface area contributed by atoms with Gasteiger partial charge < -0.3 is 14.5 Å². The maximum atomic E-state index is 12.2. The van der Waals surface area contributed by atoms with Gasteiger partial charge in [0.05, 0.1) is 24.2 Å². The summed E-state index contributed by atoms with van der Waals surface area (Å²) in [6.07, 6.45) is 6.83. The second kappa shape index (κ2) is 9.27. The van der Waals surface area contributed by atoms with Gasteiger partial charge in [-0.25, -0.2) is 0 Å². The van der Waals surface area contributed by atoms with Crippen LogP contribution in [0.4, 0.5) is 11.5 Å². The van der Waals surface area contributed by atoms with Crippen LogP contribution in [0, 0.1) is 11.3 Å². The molecule has 3 aliphatic rings. The first-order chi connectivity index (χ1) is 16.5. The van der Waals surface area contributed by atoms with E-state index in [1.165, 1.54) is 11.3 Å². The maximum Gasteiger partial charge on any atom is 0.219 e. The Morgan fingerprint density at radius 1 is 1.21 bits per heavy atom. The van der Waals surface area contributed by atoms with Crippen LogP contribution in [0.1, 0.15) is 74.0 Å². The lowest BCUT2D eigenvalue weighted by Crippen LogP contribution is -2.36. The molecule has 0 bridgehead atoms. The third-order valence-electron chi connectivity index (χ3n) is 7.62. The Hall–Kier alpha value is -3.11. The van der Waals surface area contributed by atoms with Crippen LogP contribution in [-0.4, -0.2) is 46.9 Å². The van der Waals surface area contributed by atoms with Crippen molar-refractivity contribution in [1.29, 1.82) is 5.26 Å². The number of carbonyl (C=O) groups is 1. The van der Waals surface area contributed by atoms with E-state index in [9.17, 15) is 10.1 Å². The number of amides is 1. The van der Waals surface area contributed by atoms with Gasteiger partial charge in [0, 0.05) is 56.6 Å². The number of aromatic nitrogens is 2. The lowest BCUT2D eigenvalue weighted by atomic mass is 9.92. The molecule has 0 radical (unpaired) electrons. The topological polar surface area (TPSA) is 74.4 Å². The van der Waals surface area contributed by atoms with E-state index in [1.54, 1.807) is 6.92 Å². The highest BCUT2D eigenvalue weighted by Crippen LogP contribution is 2.41. The summed E-state index contributed by atoms with van der Waals surface area (Å²) in [5.74, 6) is 1.06. The Labute approximate surface area is 201 Å². The lowest BCUT2D eigenvalue weighted by molar-refractivity contribution is -0.129. The minimum Gasteiger partial charge on any atom is -0.381 e. The number of anilines is 2. The molecule has 0 spiro atoms. The van der Waals surface area contributed by atoms with Crippen LogP contribution in [0.2, 0.25) is 0 Å². The fourth-order valence-electron chi connectivity index (χ4n) is 5.57. The number of benzene rings is 1. The van der Waals surface area contributed by atoms with E-state index in [1.807, 2.05) is 17.9 Å². The Kier molecular flexibility index (Phi) is 6.18. The quantitative estimate of drug-likeness (QED) is 0.675. The fourth-order valence-corrected chi connectivity index (χ4v) is 5.57. The Balaban J connectivity index is 1.63. The highest BCUT2D eigenvalue weighted by atomic mass is 16.5. The first-order valence-electron chi connectivity index (χ1n) is 12.4. The number of aryl methyl sites for hydroxylation is 1. The molecule has 1 aromatic heterocycles. The van der Waals surface area contributed by atoms with Gasteiger partial charge in [-0.15, -0.1) is 0 Å². The number of allylic oxidation sites excluding steroid dienone is 2. The van der Waals surface area contributed by atoms with E-state index in [4.69, 9.17) is 9.84 Å². The van der Waals surface area contributed by atoms with Gasteiger partial charge in [0.15, 0.2) is 5.82 Å². The molecule has 7 heteroatoms. The average Bonchev–Trinajstić information content (AvgIpc) is 3.26. The van der Waals surface area contributed by atoms with E-state index < -0.39 is 0 Å². The van der Waals surface area contributed by atoms with Crippen molar-refractivity contribution < 1.29 is 9.53 Å².